The van der Waals surface area contributed by atoms with E-state index in [9.17, 15) is 4.79 Å². The highest BCUT2D eigenvalue weighted by Gasteiger charge is 2.13. The van der Waals surface area contributed by atoms with Gasteiger partial charge in [0.05, 0.1) is 5.56 Å². The molecule has 1 atom stereocenters. The fraction of sp³-hybridized carbons (Fsp3) is 0.235. The first kappa shape index (κ1) is 17.3. The van der Waals surface area contributed by atoms with Gasteiger partial charge in [0, 0.05) is 20.9 Å². The molecule has 2 rings (SSSR count). The van der Waals surface area contributed by atoms with Crippen LogP contribution in [0.5, 0.6) is 0 Å². The molecule has 0 aromatic heterocycles. The van der Waals surface area contributed by atoms with Gasteiger partial charge in [0.15, 0.2) is 0 Å². The Morgan fingerprint density at radius 3 is 2.55 bits per heavy atom. The number of carbonyl (C=O) groups is 1. The van der Waals surface area contributed by atoms with Gasteiger partial charge >= 0.3 is 0 Å². The molecule has 0 aliphatic rings. The maximum Gasteiger partial charge on any atom is 0.256 e. The van der Waals surface area contributed by atoms with E-state index in [1.54, 1.807) is 45.9 Å². The Labute approximate surface area is 144 Å². The predicted octanol–water partition coefficient (Wildman–Crippen LogP) is 6.13. The molecular weight excluding hydrogens is 334 g/mol. The van der Waals surface area contributed by atoms with E-state index in [0.717, 1.165) is 17.0 Å². The van der Waals surface area contributed by atoms with Crippen molar-refractivity contribution < 1.29 is 4.79 Å². The van der Waals surface area contributed by atoms with Gasteiger partial charge in [-0.05, 0) is 42.8 Å². The van der Waals surface area contributed by atoms with E-state index in [4.69, 9.17) is 11.6 Å². The highest BCUT2D eigenvalue weighted by atomic mass is 35.5. The third-order valence-electron chi connectivity index (χ3n) is 3.11. The molecule has 0 aliphatic carbocycles. The maximum atomic E-state index is 12.5. The van der Waals surface area contributed by atoms with Gasteiger partial charge in [0.25, 0.3) is 5.91 Å². The molecule has 116 valence electrons. The number of halogens is 1. The zero-order valence-electron chi connectivity index (χ0n) is 12.5. The van der Waals surface area contributed by atoms with Gasteiger partial charge in [-0.1, -0.05) is 59.2 Å². The summed E-state index contributed by atoms with van der Waals surface area (Å²) in [4.78, 5) is 13.5. The average molecular weight is 352 g/mol. The molecule has 2 aromatic carbocycles. The summed E-state index contributed by atoms with van der Waals surface area (Å²) in [6.45, 7) is 4.35. The second kappa shape index (κ2) is 8.51. The van der Waals surface area contributed by atoms with Crippen LogP contribution in [0.3, 0.4) is 0 Å². The highest BCUT2D eigenvalue weighted by Crippen LogP contribution is 2.37. The Kier molecular flexibility index (Phi) is 6.68. The topological polar surface area (TPSA) is 29.1 Å². The van der Waals surface area contributed by atoms with Gasteiger partial charge in [-0.3, -0.25) is 4.79 Å². The van der Waals surface area contributed by atoms with Crippen molar-refractivity contribution in [3.63, 3.8) is 0 Å². The Balaban J connectivity index is 2.10. The van der Waals surface area contributed by atoms with Crippen LogP contribution in [-0.2, 0) is 0 Å². The molecule has 0 fully saturated rings. The van der Waals surface area contributed by atoms with Gasteiger partial charge < -0.3 is 5.32 Å². The molecule has 0 aliphatic heterocycles. The lowest BCUT2D eigenvalue weighted by Crippen LogP contribution is -2.12. The Morgan fingerprint density at radius 2 is 1.86 bits per heavy atom. The number of hydrogen-bond donors (Lipinski definition) is 1. The number of carbonyl (C=O) groups excluding carboxylic acids is 1. The highest BCUT2D eigenvalue weighted by molar-refractivity contribution is 8.77. The van der Waals surface area contributed by atoms with Crippen LogP contribution >= 0.6 is 33.2 Å². The first-order valence-corrected chi connectivity index (χ1v) is 9.68. The molecule has 0 unspecified atom stereocenters. The van der Waals surface area contributed by atoms with Crippen molar-refractivity contribution in [2.45, 2.75) is 30.4 Å². The van der Waals surface area contributed by atoms with Gasteiger partial charge in [0.2, 0.25) is 0 Å². The van der Waals surface area contributed by atoms with E-state index in [-0.39, 0.29) is 5.91 Å². The van der Waals surface area contributed by atoms with Crippen molar-refractivity contribution in [3.05, 3.63) is 59.1 Å². The molecule has 0 spiro atoms. The minimum absolute atomic E-state index is 0.102. The van der Waals surface area contributed by atoms with Gasteiger partial charge in [-0.2, -0.15) is 0 Å². The van der Waals surface area contributed by atoms with Gasteiger partial charge in [-0.25, -0.2) is 0 Å². The predicted molar refractivity (Wildman–Crippen MR) is 99.0 cm³/mol. The zero-order chi connectivity index (χ0) is 15.9. The summed E-state index contributed by atoms with van der Waals surface area (Å²) in [6.07, 6.45) is 1.11. The average Bonchev–Trinajstić information content (AvgIpc) is 2.55. The number of hydrogen-bond acceptors (Lipinski definition) is 3. The van der Waals surface area contributed by atoms with Crippen LogP contribution in [0.2, 0.25) is 5.02 Å². The van der Waals surface area contributed by atoms with Crippen molar-refractivity contribution >= 4 is 44.8 Å². The number of anilines is 1. The van der Waals surface area contributed by atoms with Gasteiger partial charge in [-0.15, -0.1) is 0 Å². The van der Waals surface area contributed by atoms with Crippen LogP contribution in [0.15, 0.2) is 53.4 Å². The minimum Gasteiger partial charge on any atom is -0.322 e. The van der Waals surface area contributed by atoms with Crippen LogP contribution in [0.25, 0.3) is 0 Å². The standard InChI is InChI=1S/C17H18ClNOS2/c1-3-12(2)21-22-16-7-5-4-6-15(16)17(20)19-14-10-8-13(18)9-11-14/h4-12H,3H2,1-2H3,(H,19,20)/t12-/m0/s1. The van der Waals surface area contributed by atoms with E-state index in [1.807, 2.05) is 24.3 Å². The summed E-state index contributed by atoms with van der Waals surface area (Å²) in [5.74, 6) is -0.102. The van der Waals surface area contributed by atoms with Crippen LogP contribution in [0.4, 0.5) is 5.69 Å². The third-order valence-corrected chi connectivity index (χ3v) is 6.47. The lowest BCUT2D eigenvalue weighted by molar-refractivity contribution is 0.102. The minimum atomic E-state index is -0.102. The summed E-state index contributed by atoms with van der Waals surface area (Å²) < 4.78 is 0. The molecule has 0 radical (unpaired) electrons. The summed E-state index contributed by atoms with van der Waals surface area (Å²) in [6, 6.07) is 14.8. The van der Waals surface area contributed by atoms with Crippen LogP contribution < -0.4 is 5.32 Å². The molecule has 2 nitrogen and oxygen atoms in total. The molecule has 5 heteroatoms. The van der Waals surface area contributed by atoms with Crippen molar-refractivity contribution in [2.24, 2.45) is 0 Å². The van der Waals surface area contributed by atoms with E-state index in [0.29, 0.717) is 15.8 Å². The Morgan fingerprint density at radius 1 is 1.18 bits per heavy atom. The Bertz CT molecular complexity index is 631. The molecule has 22 heavy (non-hydrogen) atoms. The normalized spacial score (nSPS) is 12.0. The van der Waals surface area contributed by atoms with Crippen molar-refractivity contribution in [2.75, 3.05) is 5.32 Å². The number of rotatable bonds is 6. The van der Waals surface area contributed by atoms with Crippen LogP contribution in [0.1, 0.15) is 30.6 Å². The SMILES string of the molecule is CC[C@H](C)SSc1ccccc1C(=O)Nc1ccc(Cl)cc1. The molecule has 0 saturated carbocycles. The van der Waals surface area contributed by atoms with Crippen molar-refractivity contribution in [1.29, 1.82) is 0 Å². The largest absolute Gasteiger partial charge is 0.322 e. The molecule has 2 aromatic rings. The molecule has 0 saturated heterocycles. The third kappa shape index (κ3) is 4.97. The second-order valence-electron chi connectivity index (χ2n) is 4.86. The molecule has 0 bridgehead atoms. The maximum absolute atomic E-state index is 12.5. The van der Waals surface area contributed by atoms with E-state index < -0.39 is 0 Å². The fourth-order valence-corrected chi connectivity index (χ4v) is 4.22. The molecule has 1 amide bonds. The van der Waals surface area contributed by atoms with Crippen molar-refractivity contribution in [1.82, 2.24) is 0 Å². The Hall–Kier alpha value is -1.10. The number of nitrogens with one attached hydrogen (secondary N) is 1. The quantitative estimate of drug-likeness (QED) is 0.634. The first-order chi connectivity index (χ1) is 10.6. The summed E-state index contributed by atoms with van der Waals surface area (Å²) in [7, 11) is 3.44. The van der Waals surface area contributed by atoms with Crippen LogP contribution in [0, 0.1) is 0 Å². The van der Waals surface area contributed by atoms with Crippen LogP contribution in [-0.4, -0.2) is 11.2 Å². The van der Waals surface area contributed by atoms with E-state index >= 15 is 0 Å². The fourth-order valence-electron chi connectivity index (χ4n) is 1.66. The van der Waals surface area contributed by atoms with E-state index in [1.165, 1.54) is 0 Å². The van der Waals surface area contributed by atoms with Crippen molar-refractivity contribution in [3.8, 4) is 0 Å². The molecule has 0 heterocycles. The van der Waals surface area contributed by atoms with E-state index in [2.05, 4.69) is 19.2 Å². The zero-order valence-corrected chi connectivity index (χ0v) is 14.9. The molecule has 1 N–H and O–H groups in total. The number of amides is 1. The lowest BCUT2D eigenvalue weighted by atomic mass is 10.2. The summed E-state index contributed by atoms with van der Waals surface area (Å²) in [5.41, 5.74) is 1.43. The smallest absolute Gasteiger partial charge is 0.256 e. The lowest BCUT2D eigenvalue weighted by Gasteiger charge is -2.11. The summed E-state index contributed by atoms with van der Waals surface area (Å²) in [5, 5.41) is 4.11. The molecular formula is C17H18ClNOS2. The van der Waals surface area contributed by atoms with Gasteiger partial charge in [0.1, 0.15) is 0 Å². The second-order valence-corrected chi connectivity index (χ2v) is 7.97. The number of benzene rings is 2. The monoisotopic (exact) mass is 351 g/mol. The summed E-state index contributed by atoms with van der Waals surface area (Å²) >= 11 is 5.86. The first-order valence-electron chi connectivity index (χ1n) is 7.09.